The average molecular weight is 1140 g/mol. The van der Waals surface area contributed by atoms with Crippen molar-refractivity contribution in [2.75, 3.05) is 0 Å². The fourth-order valence-corrected chi connectivity index (χ4v) is 13.5. The molecule has 15 rings (SSSR count). The van der Waals surface area contributed by atoms with E-state index in [1.165, 1.54) is 77.9 Å². The average Bonchev–Trinajstić information content (AvgIpc) is 1.09. The first-order chi connectivity index (χ1) is 44.7. The molecule has 0 atom stereocenters. The van der Waals surface area contributed by atoms with Gasteiger partial charge in [-0.15, -0.1) is 0 Å². The van der Waals surface area contributed by atoms with E-state index in [0.29, 0.717) is 0 Å². The fraction of sp³-hybridized carbons (Fsp3) is 0. The maximum absolute atomic E-state index is 2.35. The smallest absolute Gasteiger partial charge is 0.00139 e. The van der Waals surface area contributed by atoms with Crippen LogP contribution in [-0.2, 0) is 0 Å². The molecule has 0 aliphatic rings. The molecule has 0 unspecified atom stereocenters. The Bertz CT molecular complexity index is 4390. The zero-order valence-corrected chi connectivity index (χ0v) is 49.8. The third-order valence-corrected chi connectivity index (χ3v) is 17.5. The minimum atomic E-state index is 1.14. The summed E-state index contributed by atoms with van der Waals surface area (Å²) < 4.78 is 0. The van der Waals surface area contributed by atoms with Crippen LogP contribution in [0.25, 0.3) is 156 Å². The Labute approximate surface area is 528 Å². The van der Waals surface area contributed by atoms with Gasteiger partial charge in [0, 0.05) is 0 Å². The number of hydrogen-bond acceptors (Lipinski definition) is 0. The summed E-state index contributed by atoms with van der Waals surface area (Å²) in [6.45, 7) is 0. The number of rotatable bonds is 14. The fourth-order valence-electron chi connectivity index (χ4n) is 13.5. The first-order valence-corrected chi connectivity index (χ1v) is 31.1. The van der Waals surface area contributed by atoms with Gasteiger partial charge in [0.15, 0.2) is 0 Å². The van der Waals surface area contributed by atoms with E-state index in [1.54, 1.807) is 0 Å². The highest BCUT2D eigenvalue weighted by molar-refractivity contribution is 6.17. The van der Waals surface area contributed by atoms with Crippen LogP contribution in [0.1, 0.15) is 0 Å². The first kappa shape index (κ1) is 54.9. The number of hydrogen-bond donors (Lipinski definition) is 0. The van der Waals surface area contributed by atoms with Gasteiger partial charge in [-0.2, -0.15) is 0 Å². The van der Waals surface area contributed by atoms with Crippen LogP contribution in [0.2, 0.25) is 0 Å². The van der Waals surface area contributed by atoms with Crippen molar-refractivity contribution in [1.29, 1.82) is 0 Å². The number of benzene rings is 15. The van der Waals surface area contributed by atoms with Crippen LogP contribution in [0.5, 0.6) is 0 Å². The van der Waals surface area contributed by atoms with E-state index in [0.717, 1.165) is 77.9 Å². The van der Waals surface area contributed by atoms with Crippen molar-refractivity contribution in [1.82, 2.24) is 0 Å². The van der Waals surface area contributed by atoms with Gasteiger partial charge < -0.3 is 0 Å². The van der Waals surface area contributed by atoms with Gasteiger partial charge in [0.25, 0.3) is 0 Å². The molecule has 0 heterocycles. The van der Waals surface area contributed by atoms with Crippen LogP contribution in [0.4, 0.5) is 0 Å². The Kier molecular flexibility index (Phi) is 15.2. The van der Waals surface area contributed by atoms with Gasteiger partial charge in [-0.1, -0.05) is 370 Å². The molecule has 0 bridgehead atoms. The standard InChI is InChI=1S/C90H62/c1-11-32-65(33-12-1)79-81(67-36-15-3-16-37-67)85(71-44-23-7-24-45-71)89(86(72-46-25-8-26-47-72)82(79)68-38-17-4-18-39-68)75-58-54-63(55-59-75)77-52-31-53-78(62-77)64-56-60-76(61-57-64)90-87(73-48-27-9-28-49-73)83(69-40-19-5-20-41-69)80(66-34-13-2-14-35-66)84(70-42-21-6-22-43-70)88(90)74-50-29-10-30-51-74/h1-62H. The third-order valence-electron chi connectivity index (χ3n) is 17.5. The van der Waals surface area contributed by atoms with Crippen molar-refractivity contribution in [3.63, 3.8) is 0 Å². The van der Waals surface area contributed by atoms with Crippen LogP contribution < -0.4 is 0 Å². The monoisotopic (exact) mass is 1140 g/mol. The molecule has 0 heteroatoms. The van der Waals surface area contributed by atoms with E-state index >= 15 is 0 Å². The minimum absolute atomic E-state index is 1.14. The van der Waals surface area contributed by atoms with Crippen LogP contribution in [0.15, 0.2) is 376 Å². The Hall–Kier alpha value is -11.7. The van der Waals surface area contributed by atoms with E-state index in [4.69, 9.17) is 0 Å². The lowest BCUT2D eigenvalue weighted by Gasteiger charge is -2.29. The zero-order chi connectivity index (χ0) is 60.0. The summed E-state index contributed by atoms with van der Waals surface area (Å²) in [4.78, 5) is 0. The van der Waals surface area contributed by atoms with Crippen LogP contribution in [-0.4, -0.2) is 0 Å². The zero-order valence-electron chi connectivity index (χ0n) is 49.8. The summed E-state index contributed by atoms with van der Waals surface area (Å²) in [6.07, 6.45) is 0. The minimum Gasteiger partial charge on any atom is -0.0622 e. The highest BCUT2D eigenvalue weighted by atomic mass is 14.3. The lowest BCUT2D eigenvalue weighted by Crippen LogP contribution is -2.02. The summed E-state index contributed by atoms with van der Waals surface area (Å²) in [5.74, 6) is 0. The summed E-state index contributed by atoms with van der Waals surface area (Å²) in [6, 6.07) is 138. The predicted octanol–water partition coefficient (Wildman–Crippen LogP) is 25.0. The lowest BCUT2D eigenvalue weighted by molar-refractivity contribution is 1.51. The molecule has 0 N–H and O–H groups in total. The maximum atomic E-state index is 2.35. The van der Waals surface area contributed by atoms with E-state index < -0.39 is 0 Å². The first-order valence-electron chi connectivity index (χ1n) is 31.1. The highest BCUT2D eigenvalue weighted by Crippen LogP contribution is 2.58. The van der Waals surface area contributed by atoms with Crippen molar-refractivity contribution in [3.8, 4) is 156 Å². The van der Waals surface area contributed by atoms with E-state index in [1.807, 2.05) is 0 Å². The molecular weight excluding hydrogens is 1080 g/mol. The van der Waals surface area contributed by atoms with Gasteiger partial charge in [-0.3, -0.25) is 0 Å². The Balaban J connectivity index is 0.908. The topological polar surface area (TPSA) is 0 Å². The molecule has 0 fully saturated rings. The lowest BCUT2D eigenvalue weighted by atomic mass is 9.74. The second-order valence-electron chi connectivity index (χ2n) is 22.9. The molecule has 0 aliphatic carbocycles. The van der Waals surface area contributed by atoms with Crippen molar-refractivity contribution in [2.24, 2.45) is 0 Å². The molecule has 0 radical (unpaired) electrons. The van der Waals surface area contributed by atoms with Crippen LogP contribution >= 0.6 is 0 Å². The normalized spacial score (nSPS) is 11.1. The molecule has 0 nitrogen and oxygen atoms in total. The third kappa shape index (κ3) is 10.6. The molecule has 15 aromatic rings. The van der Waals surface area contributed by atoms with Gasteiger partial charge in [0.1, 0.15) is 0 Å². The van der Waals surface area contributed by atoms with Gasteiger partial charge in [-0.05, 0) is 162 Å². The molecule has 0 aromatic heterocycles. The Morgan fingerprint density at radius 1 is 0.0778 bits per heavy atom. The van der Waals surface area contributed by atoms with Crippen LogP contribution in [0, 0.1) is 0 Å². The Morgan fingerprint density at radius 3 is 0.333 bits per heavy atom. The summed E-state index contributed by atoms with van der Waals surface area (Å²) >= 11 is 0. The van der Waals surface area contributed by atoms with Gasteiger partial charge in [-0.25, -0.2) is 0 Å². The summed E-state index contributed by atoms with van der Waals surface area (Å²) in [5, 5.41) is 0. The van der Waals surface area contributed by atoms with Gasteiger partial charge in [0.2, 0.25) is 0 Å². The second kappa shape index (κ2) is 25.0. The van der Waals surface area contributed by atoms with E-state index in [2.05, 4.69) is 376 Å². The Morgan fingerprint density at radius 2 is 0.189 bits per heavy atom. The molecule has 0 saturated heterocycles. The van der Waals surface area contributed by atoms with Crippen molar-refractivity contribution >= 4 is 0 Å². The highest BCUT2D eigenvalue weighted by Gasteiger charge is 2.31. The molecule has 15 aromatic carbocycles. The molecule has 0 amide bonds. The van der Waals surface area contributed by atoms with E-state index in [-0.39, 0.29) is 0 Å². The van der Waals surface area contributed by atoms with Crippen LogP contribution in [0.3, 0.4) is 0 Å². The maximum Gasteiger partial charge on any atom is -0.00139 e. The summed E-state index contributed by atoms with van der Waals surface area (Å²) in [5.41, 5.74) is 32.9. The molecule has 90 heavy (non-hydrogen) atoms. The van der Waals surface area contributed by atoms with Crippen molar-refractivity contribution in [2.45, 2.75) is 0 Å². The molecule has 0 spiro atoms. The largest absolute Gasteiger partial charge is 0.0622 e. The molecule has 0 saturated carbocycles. The van der Waals surface area contributed by atoms with E-state index in [9.17, 15) is 0 Å². The van der Waals surface area contributed by atoms with Crippen molar-refractivity contribution < 1.29 is 0 Å². The molecule has 0 aliphatic heterocycles. The molecule has 422 valence electrons. The quantitative estimate of drug-likeness (QED) is 0.102. The molecular formula is C90H62. The SMILES string of the molecule is c1ccc(-c2c(-c3ccccc3)c(-c3ccccc3)c(-c3ccc(-c4cccc(-c5ccc(-c6c(-c7ccccc7)c(-c7ccccc7)c(-c7ccccc7)c(-c7ccccc7)c6-c6ccccc6)cc5)c4)cc3)c(-c3ccccc3)c2-c2ccccc2)cc1. The van der Waals surface area contributed by atoms with Crippen molar-refractivity contribution in [3.05, 3.63) is 376 Å². The predicted molar refractivity (Wildman–Crippen MR) is 383 cm³/mol. The second-order valence-corrected chi connectivity index (χ2v) is 22.9. The van der Waals surface area contributed by atoms with Gasteiger partial charge >= 0.3 is 0 Å². The summed E-state index contributed by atoms with van der Waals surface area (Å²) in [7, 11) is 0. The van der Waals surface area contributed by atoms with Gasteiger partial charge in [0.05, 0.1) is 0 Å².